The van der Waals surface area contributed by atoms with Gasteiger partial charge in [-0.05, 0) is 109 Å². The minimum atomic E-state index is -0.262. The van der Waals surface area contributed by atoms with E-state index in [1.54, 1.807) is 18.2 Å². The van der Waals surface area contributed by atoms with E-state index < -0.39 is 0 Å². The van der Waals surface area contributed by atoms with Gasteiger partial charge in [0.15, 0.2) is 11.6 Å². The van der Waals surface area contributed by atoms with Gasteiger partial charge >= 0.3 is 0 Å². The third-order valence-corrected chi connectivity index (χ3v) is 12.5. The van der Waals surface area contributed by atoms with Gasteiger partial charge < -0.3 is 14.7 Å². The highest BCUT2D eigenvalue weighted by atomic mass is 16.5. The van der Waals surface area contributed by atoms with Gasteiger partial charge in [-0.3, -0.25) is 9.59 Å². The minimum absolute atomic E-state index is 0.223. The number of carbonyl (C=O) groups is 2. The lowest BCUT2D eigenvalue weighted by Gasteiger charge is -2.17. The fraction of sp³-hybridized carbons (Fsp3) is 0.0690. The summed E-state index contributed by atoms with van der Waals surface area (Å²) < 4.78 is 5.44. The summed E-state index contributed by atoms with van der Waals surface area (Å²) in [7, 11) is 1.50. The molecule has 0 amide bonds. The zero-order valence-electron chi connectivity index (χ0n) is 36.3. The van der Waals surface area contributed by atoms with E-state index in [9.17, 15) is 9.59 Å². The van der Waals surface area contributed by atoms with Gasteiger partial charge in [-0.1, -0.05) is 126 Å². The molecule has 312 valence electrons. The maximum Gasteiger partial charge on any atom is 0.194 e. The molecule has 0 saturated carbocycles. The molecule has 3 aromatic heterocycles. The van der Waals surface area contributed by atoms with E-state index in [1.165, 1.54) is 29.9 Å². The highest BCUT2D eigenvalue weighted by Gasteiger charge is 2.29. The van der Waals surface area contributed by atoms with E-state index in [4.69, 9.17) is 14.7 Å². The summed E-state index contributed by atoms with van der Waals surface area (Å²) in [5, 5.41) is 0. The second-order valence-corrected chi connectivity index (χ2v) is 16.8. The molecule has 0 spiro atoms. The number of carbonyl (C=O) groups excluding carboxylic acids is 2. The van der Waals surface area contributed by atoms with Crippen LogP contribution in [0.5, 0.6) is 5.75 Å². The van der Waals surface area contributed by atoms with Crippen molar-refractivity contribution in [1.29, 1.82) is 0 Å². The van der Waals surface area contributed by atoms with Crippen LogP contribution in [0.1, 0.15) is 65.7 Å². The standard InChI is InChI=1S/C58H42N4O3/c1-33-8-14-37(15-9-33)53-43-24-26-45(59-43)54(38-16-10-34(2)11-17-38)47-28-30-49(61-47)56(50-31-29-48(62-50)55(46-27-25-44(53)60-46)39-18-12-35(3)13-19-39)40-22-20-36(21-23-40)42-32-51(63)57-41(58(42)64)6-5-7-52(57)65-4/h5-32,59,62H,1-4H3. The molecule has 0 saturated heterocycles. The molecular weight excluding hydrogens is 801 g/mol. The van der Waals surface area contributed by atoms with Gasteiger partial charge in [-0.2, -0.15) is 0 Å². The number of fused-ring (bicyclic) bond motifs is 9. The molecule has 0 atom stereocenters. The number of aromatic nitrogens is 4. The average molecular weight is 843 g/mol. The number of ketones is 2. The Bertz CT molecular complexity index is 3500. The number of ether oxygens (including phenoxy) is 1. The van der Waals surface area contributed by atoms with Crippen molar-refractivity contribution in [2.45, 2.75) is 20.8 Å². The summed E-state index contributed by atoms with van der Waals surface area (Å²) >= 11 is 0. The van der Waals surface area contributed by atoms with Gasteiger partial charge in [0.05, 0.1) is 35.4 Å². The third kappa shape index (κ3) is 6.94. The molecule has 8 bridgehead atoms. The average Bonchev–Trinajstić information content (AvgIpc) is 4.18. The second kappa shape index (κ2) is 15.7. The molecule has 1 aliphatic carbocycles. The number of Topliss-reactive ketones (excluding diaryl/α,β-unsaturated/α-hetero) is 1. The van der Waals surface area contributed by atoms with Crippen molar-refractivity contribution in [2.75, 3.05) is 7.11 Å². The Hall–Kier alpha value is -8.42. The molecule has 5 heterocycles. The van der Waals surface area contributed by atoms with Crippen LogP contribution in [0.15, 0.2) is 146 Å². The number of benzene rings is 5. The van der Waals surface area contributed by atoms with Crippen molar-refractivity contribution >= 4 is 63.5 Å². The number of rotatable bonds is 6. The summed E-state index contributed by atoms with van der Waals surface area (Å²) in [6.07, 6.45) is 9.81. The zero-order chi connectivity index (χ0) is 44.3. The SMILES string of the molecule is COc1cccc2c1C(=O)C=C(c1ccc(-c3c4nc(c(-c5ccc(C)cc5)c5ccc([nH]5)c(-c5ccc(C)cc5)c5nc(c(-c6ccc(C)cc6)c6ccc3[nH]6)C=C5)C=C4)cc1)C2=O. The van der Waals surface area contributed by atoms with Crippen LogP contribution in [0, 0.1) is 20.8 Å². The Morgan fingerprint density at radius 2 is 0.769 bits per heavy atom. The normalized spacial score (nSPS) is 13.0. The maximum atomic E-state index is 13.9. The lowest BCUT2D eigenvalue weighted by Crippen LogP contribution is -2.17. The lowest BCUT2D eigenvalue weighted by molar-refractivity contribution is 0.0999. The van der Waals surface area contributed by atoms with E-state index in [0.29, 0.717) is 28.0 Å². The first-order valence-electron chi connectivity index (χ1n) is 21.7. The van der Waals surface area contributed by atoms with Crippen molar-refractivity contribution in [1.82, 2.24) is 19.9 Å². The van der Waals surface area contributed by atoms with Crippen LogP contribution < -0.4 is 4.74 Å². The van der Waals surface area contributed by atoms with Gasteiger partial charge in [0, 0.05) is 55.5 Å². The van der Waals surface area contributed by atoms with Crippen LogP contribution in [-0.4, -0.2) is 38.6 Å². The Morgan fingerprint density at radius 1 is 0.415 bits per heavy atom. The van der Waals surface area contributed by atoms with Crippen LogP contribution in [-0.2, 0) is 0 Å². The lowest BCUT2D eigenvalue weighted by atomic mass is 9.85. The first-order valence-corrected chi connectivity index (χ1v) is 21.7. The summed E-state index contributed by atoms with van der Waals surface area (Å²) in [6, 6.07) is 47.2. The second-order valence-electron chi connectivity index (χ2n) is 16.8. The van der Waals surface area contributed by atoms with Crippen molar-refractivity contribution < 1.29 is 14.3 Å². The van der Waals surface area contributed by atoms with Crippen LogP contribution >= 0.6 is 0 Å². The van der Waals surface area contributed by atoms with Gasteiger partial charge in [0.1, 0.15) is 5.75 Å². The highest BCUT2D eigenvalue weighted by molar-refractivity contribution is 6.39. The summed E-state index contributed by atoms with van der Waals surface area (Å²) in [5.41, 5.74) is 19.9. The minimum Gasteiger partial charge on any atom is -0.496 e. The first kappa shape index (κ1) is 39.4. The van der Waals surface area contributed by atoms with Crippen LogP contribution in [0.3, 0.4) is 0 Å². The van der Waals surface area contributed by atoms with Crippen LogP contribution in [0.2, 0.25) is 0 Å². The monoisotopic (exact) mass is 842 g/mol. The van der Waals surface area contributed by atoms with E-state index in [1.807, 2.05) is 24.3 Å². The smallest absolute Gasteiger partial charge is 0.194 e. The predicted octanol–water partition coefficient (Wildman–Crippen LogP) is 13.7. The summed E-state index contributed by atoms with van der Waals surface area (Å²) in [4.78, 5) is 45.9. The number of aryl methyl sites for hydroxylation is 3. The molecule has 0 radical (unpaired) electrons. The molecule has 8 aromatic rings. The molecule has 11 rings (SSSR count). The van der Waals surface area contributed by atoms with Gasteiger partial charge in [0.25, 0.3) is 0 Å². The number of nitrogens with one attached hydrogen (secondary N) is 2. The molecule has 2 N–H and O–H groups in total. The predicted molar refractivity (Wildman–Crippen MR) is 264 cm³/mol. The number of allylic oxidation sites excluding steroid dienone is 2. The molecule has 5 aromatic carbocycles. The maximum absolute atomic E-state index is 13.9. The van der Waals surface area contributed by atoms with Crippen molar-refractivity contribution in [2.24, 2.45) is 0 Å². The number of H-pyrrole nitrogens is 2. The van der Waals surface area contributed by atoms with Crippen molar-refractivity contribution in [3.63, 3.8) is 0 Å². The molecule has 65 heavy (non-hydrogen) atoms. The zero-order valence-corrected chi connectivity index (χ0v) is 36.3. The van der Waals surface area contributed by atoms with Gasteiger partial charge in [-0.25, -0.2) is 9.97 Å². The molecule has 2 aliphatic heterocycles. The van der Waals surface area contributed by atoms with E-state index >= 15 is 0 Å². The summed E-state index contributed by atoms with van der Waals surface area (Å²) in [6.45, 7) is 6.29. The Balaban J connectivity index is 1.19. The number of aromatic amines is 2. The third-order valence-electron chi connectivity index (χ3n) is 12.5. The molecule has 3 aliphatic rings. The van der Waals surface area contributed by atoms with E-state index in [2.05, 4.69) is 152 Å². The number of nitrogens with zero attached hydrogens (tertiary/aromatic N) is 2. The molecule has 7 heteroatoms. The van der Waals surface area contributed by atoms with Crippen molar-refractivity contribution in [3.8, 4) is 50.3 Å². The van der Waals surface area contributed by atoms with Gasteiger partial charge in [0.2, 0.25) is 0 Å². The number of hydrogen-bond acceptors (Lipinski definition) is 5. The Kier molecular flexibility index (Phi) is 9.54. The van der Waals surface area contributed by atoms with Gasteiger partial charge in [-0.15, -0.1) is 0 Å². The number of hydrogen-bond donors (Lipinski definition) is 2. The topological polar surface area (TPSA) is 101 Å². The highest BCUT2D eigenvalue weighted by Crippen LogP contribution is 2.40. The van der Waals surface area contributed by atoms with E-state index in [0.717, 1.165) is 89.4 Å². The largest absolute Gasteiger partial charge is 0.496 e. The fourth-order valence-electron chi connectivity index (χ4n) is 9.17. The van der Waals surface area contributed by atoms with Crippen LogP contribution in [0.25, 0.3) is 96.5 Å². The van der Waals surface area contributed by atoms with Crippen molar-refractivity contribution in [3.05, 3.63) is 202 Å². The van der Waals surface area contributed by atoms with Crippen LogP contribution in [0.4, 0.5) is 0 Å². The number of methoxy groups -OCH3 is 1. The molecule has 0 fully saturated rings. The van der Waals surface area contributed by atoms with E-state index in [-0.39, 0.29) is 11.6 Å². The summed E-state index contributed by atoms with van der Waals surface area (Å²) in [5.74, 6) is -0.0998. The quantitative estimate of drug-likeness (QED) is 0.174. The first-order chi connectivity index (χ1) is 31.7. The molecular formula is C58H42N4O3. The molecule has 0 unspecified atom stereocenters. The molecule has 7 nitrogen and oxygen atoms in total. The Labute approximate surface area is 376 Å². The Morgan fingerprint density at radius 3 is 1.14 bits per heavy atom. The fourth-order valence-corrected chi connectivity index (χ4v) is 9.17.